The fourth-order valence-corrected chi connectivity index (χ4v) is 6.05. The number of Topliss-reactive ketones (excluding diaryl/α,β-unsaturated/α-hetero) is 1. The van der Waals surface area contributed by atoms with Crippen LogP contribution >= 0.6 is 0 Å². The Balaban J connectivity index is 1.76. The molecule has 1 aromatic heterocycles. The van der Waals surface area contributed by atoms with Crippen molar-refractivity contribution in [3.63, 3.8) is 0 Å². The van der Waals surface area contributed by atoms with Crippen molar-refractivity contribution < 1.29 is 13.2 Å². The Morgan fingerprint density at radius 1 is 1.00 bits per heavy atom. The first-order valence-corrected chi connectivity index (χ1v) is 13.5. The Morgan fingerprint density at radius 2 is 1.67 bits per heavy atom. The molecule has 36 heavy (non-hydrogen) atoms. The number of nitrogens with one attached hydrogen (secondary N) is 1. The zero-order valence-electron chi connectivity index (χ0n) is 21.0. The third-order valence-corrected chi connectivity index (χ3v) is 8.13. The van der Waals surface area contributed by atoms with Crippen LogP contribution in [0.4, 0.5) is 0 Å². The van der Waals surface area contributed by atoms with Crippen molar-refractivity contribution in [2.45, 2.75) is 44.9 Å². The van der Waals surface area contributed by atoms with Crippen LogP contribution in [-0.2, 0) is 10.0 Å². The lowest BCUT2D eigenvalue weighted by atomic mass is 10.0. The first kappa shape index (κ1) is 25.6. The molecule has 0 spiro atoms. The number of benzene rings is 3. The molecule has 1 heterocycles. The second-order valence-corrected chi connectivity index (χ2v) is 11.2. The number of hydrogen-bond acceptors (Lipinski definition) is 4. The molecule has 8 heteroatoms. The van der Waals surface area contributed by atoms with Crippen molar-refractivity contribution in [3.05, 3.63) is 93.9 Å². The van der Waals surface area contributed by atoms with E-state index < -0.39 is 27.9 Å². The number of sulfonamides is 1. The quantitative estimate of drug-likeness (QED) is 0.323. The van der Waals surface area contributed by atoms with E-state index in [1.165, 1.54) is 8.99 Å². The summed E-state index contributed by atoms with van der Waals surface area (Å²) in [5.41, 5.74) is 1.67. The van der Waals surface area contributed by atoms with Crippen molar-refractivity contribution in [3.8, 4) is 5.69 Å². The summed E-state index contributed by atoms with van der Waals surface area (Å²) in [4.78, 5) is 27.1. The molecule has 0 atom stereocenters. The molecule has 0 aliphatic carbocycles. The van der Waals surface area contributed by atoms with Crippen molar-refractivity contribution in [1.29, 1.82) is 0 Å². The molecule has 0 bridgehead atoms. The van der Waals surface area contributed by atoms with Gasteiger partial charge in [-0.1, -0.05) is 74.9 Å². The maximum absolute atomic E-state index is 13.7. The average Bonchev–Trinajstić information content (AvgIpc) is 3.21. The zero-order valence-corrected chi connectivity index (χ0v) is 21.8. The van der Waals surface area contributed by atoms with Gasteiger partial charge >= 0.3 is 0 Å². The van der Waals surface area contributed by atoms with Gasteiger partial charge in [-0.2, -0.15) is 4.31 Å². The monoisotopic (exact) mass is 505 g/mol. The molecule has 0 saturated heterocycles. The van der Waals surface area contributed by atoms with E-state index in [2.05, 4.69) is 5.10 Å². The summed E-state index contributed by atoms with van der Waals surface area (Å²) < 4.78 is 30.0. The van der Waals surface area contributed by atoms with Gasteiger partial charge in [-0.3, -0.25) is 14.7 Å². The molecule has 4 rings (SSSR count). The van der Waals surface area contributed by atoms with Gasteiger partial charge in [0.15, 0.2) is 5.78 Å². The average molecular weight is 506 g/mol. The molecular formula is C28H31N3O4S. The molecular weight excluding hydrogens is 474 g/mol. The number of hydrogen-bond donors (Lipinski definition) is 1. The number of aromatic nitrogens is 2. The van der Waals surface area contributed by atoms with Gasteiger partial charge < -0.3 is 0 Å². The van der Waals surface area contributed by atoms with E-state index in [-0.39, 0.29) is 22.9 Å². The highest BCUT2D eigenvalue weighted by molar-refractivity contribution is 7.89. The summed E-state index contributed by atoms with van der Waals surface area (Å²) in [5, 5.41) is 4.48. The molecule has 4 aromatic rings. The molecule has 3 aromatic carbocycles. The predicted octanol–water partition coefficient (Wildman–Crippen LogP) is 5.03. The highest BCUT2D eigenvalue weighted by Gasteiger charge is 2.31. The Kier molecular flexibility index (Phi) is 7.28. The Bertz CT molecular complexity index is 1560. The number of H-pyrrole nitrogens is 1. The third kappa shape index (κ3) is 4.79. The van der Waals surface area contributed by atoms with Crippen LogP contribution in [0.1, 0.15) is 54.7 Å². The van der Waals surface area contributed by atoms with E-state index in [4.69, 9.17) is 0 Å². The lowest BCUT2D eigenvalue weighted by Gasteiger charge is -2.22. The van der Waals surface area contributed by atoms with E-state index in [1.807, 2.05) is 58.0 Å². The number of aryl methyl sites for hydroxylation is 1. The fraction of sp³-hybridized carbons (Fsp3) is 0.286. The predicted molar refractivity (Wildman–Crippen MR) is 143 cm³/mol. The van der Waals surface area contributed by atoms with Crippen LogP contribution < -0.4 is 5.56 Å². The fourth-order valence-electron chi connectivity index (χ4n) is 4.35. The molecule has 188 valence electrons. The lowest BCUT2D eigenvalue weighted by Crippen LogP contribution is -2.38. The van der Waals surface area contributed by atoms with Gasteiger partial charge in [0, 0.05) is 11.9 Å². The summed E-state index contributed by atoms with van der Waals surface area (Å²) in [7, 11) is -4.00. The van der Waals surface area contributed by atoms with E-state index in [0.717, 1.165) is 10.9 Å². The van der Waals surface area contributed by atoms with E-state index in [1.54, 1.807) is 36.4 Å². The van der Waals surface area contributed by atoms with Gasteiger partial charge in [0.2, 0.25) is 10.0 Å². The second kappa shape index (κ2) is 10.2. The largest absolute Gasteiger partial charge is 0.294 e. The molecule has 0 aliphatic heterocycles. The van der Waals surface area contributed by atoms with Crippen LogP contribution in [0.15, 0.2) is 76.4 Å². The van der Waals surface area contributed by atoms with Crippen molar-refractivity contribution in [2.24, 2.45) is 0 Å². The maximum atomic E-state index is 13.7. The van der Waals surface area contributed by atoms with Gasteiger partial charge in [-0.15, -0.1) is 0 Å². The molecule has 0 unspecified atom stereocenters. The summed E-state index contributed by atoms with van der Waals surface area (Å²) in [6.07, 6.45) is 0.523. The van der Waals surface area contributed by atoms with Gasteiger partial charge in [-0.25, -0.2) is 13.1 Å². The number of carbonyl (C=O) groups is 1. The van der Waals surface area contributed by atoms with Crippen LogP contribution in [0, 0.1) is 6.92 Å². The van der Waals surface area contributed by atoms with Gasteiger partial charge in [0.25, 0.3) is 5.56 Å². The minimum absolute atomic E-state index is 0.000187. The third-order valence-electron chi connectivity index (χ3n) is 6.23. The van der Waals surface area contributed by atoms with Gasteiger partial charge in [0.1, 0.15) is 5.56 Å². The minimum atomic E-state index is -4.00. The first-order chi connectivity index (χ1) is 17.1. The lowest BCUT2D eigenvalue weighted by molar-refractivity contribution is 0.0964. The maximum Gasteiger partial charge on any atom is 0.282 e. The number of aromatic amines is 1. The summed E-state index contributed by atoms with van der Waals surface area (Å²) in [5.74, 6) is -0.666. The van der Waals surface area contributed by atoms with Crippen molar-refractivity contribution in [1.82, 2.24) is 14.1 Å². The molecule has 0 amide bonds. The van der Waals surface area contributed by atoms with Crippen LogP contribution in [-0.4, -0.2) is 41.4 Å². The molecule has 0 saturated carbocycles. The van der Waals surface area contributed by atoms with E-state index in [0.29, 0.717) is 23.2 Å². The SMILES string of the molecule is CCCN(CC(=O)c1c(C(C)C)[nH]n(-c2ccc(C)cc2)c1=O)S(=O)(=O)c1cccc2ccccc12. The highest BCUT2D eigenvalue weighted by Crippen LogP contribution is 2.26. The van der Waals surface area contributed by atoms with E-state index in [9.17, 15) is 18.0 Å². The Labute approximate surface area is 211 Å². The van der Waals surface area contributed by atoms with Crippen LogP contribution in [0.5, 0.6) is 0 Å². The van der Waals surface area contributed by atoms with Gasteiger partial charge in [0.05, 0.1) is 22.8 Å². The summed E-state index contributed by atoms with van der Waals surface area (Å²) >= 11 is 0. The van der Waals surface area contributed by atoms with Crippen LogP contribution in [0.3, 0.4) is 0 Å². The first-order valence-electron chi connectivity index (χ1n) is 12.1. The van der Waals surface area contributed by atoms with Gasteiger partial charge in [-0.05, 0) is 42.8 Å². The van der Waals surface area contributed by atoms with E-state index >= 15 is 0 Å². The number of carbonyl (C=O) groups excluding carboxylic acids is 1. The van der Waals surface area contributed by atoms with Crippen LogP contribution in [0.25, 0.3) is 16.5 Å². The number of ketones is 1. The second-order valence-electron chi connectivity index (χ2n) is 9.27. The normalized spacial score (nSPS) is 12.1. The van der Waals surface area contributed by atoms with Crippen molar-refractivity contribution in [2.75, 3.05) is 13.1 Å². The molecule has 0 radical (unpaired) electrons. The Morgan fingerprint density at radius 3 is 2.33 bits per heavy atom. The Hall–Kier alpha value is -3.49. The molecule has 7 nitrogen and oxygen atoms in total. The zero-order chi connectivity index (χ0) is 26.0. The summed E-state index contributed by atoms with van der Waals surface area (Å²) in [6, 6.07) is 19.8. The van der Waals surface area contributed by atoms with Crippen LogP contribution in [0.2, 0.25) is 0 Å². The van der Waals surface area contributed by atoms with Crippen molar-refractivity contribution >= 4 is 26.6 Å². The minimum Gasteiger partial charge on any atom is -0.294 e. The number of fused-ring (bicyclic) bond motifs is 1. The highest BCUT2D eigenvalue weighted by atomic mass is 32.2. The summed E-state index contributed by atoms with van der Waals surface area (Å²) in [6.45, 7) is 7.33. The molecule has 0 fully saturated rings. The molecule has 0 aliphatic rings. The number of nitrogens with zero attached hydrogens (tertiary/aromatic N) is 2. The standard InChI is InChI=1S/C28H31N3O4S/c1-5-17-30(36(34,35)25-12-8-10-21-9-6-7-11-23(21)25)18-24(32)26-27(19(2)3)29-31(28(26)33)22-15-13-20(4)14-16-22/h6-16,19,29H,5,17-18H2,1-4H3. The molecule has 1 N–H and O–H groups in total. The topological polar surface area (TPSA) is 92.2 Å². The smallest absolute Gasteiger partial charge is 0.282 e. The number of rotatable bonds is 9.